The van der Waals surface area contributed by atoms with Gasteiger partial charge in [0, 0.05) is 13.7 Å². The first kappa shape index (κ1) is 10.4. The quantitative estimate of drug-likeness (QED) is 0.584. The zero-order chi connectivity index (χ0) is 8.53. The summed E-state index contributed by atoms with van der Waals surface area (Å²) >= 11 is 0. The van der Waals surface area contributed by atoms with Gasteiger partial charge >= 0.3 is 0 Å². The van der Waals surface area contributed by atoms with Crippen LogP contribution < -0.4 is 0 Å². The van der Waals surface area contributed by atoms with Gasteiger partial charge in [0.05, 0.1) is 18.6 Å². The molecule has 0 saturated carbocycles. The van der Waals surface area contributed by atoms with Crippen LogP contribution in [-0.2, 0) is 4.74 Å². The van der Waals surface area contributed by atoms with Gasteiger partial charge < -0.3 is 9.84 Å². The molecule has 0 aliphatic carbocycles. The van der Waals surface area contributed by atoms with Crippen LogP contribution in [0.2, 0.25) is 0 Å². The summed E-state index contributed by atoms with van der Waals surface area (Å²) in [5, 5.41) is 17.1. The van der Waals surface area contributed by atoms with E-state index in [0.717, 1.165) is 25.9 Å². The summed E-state index contributed by atoms with van der Waals surface area (Å²) < 4.78 is 4.85. The molecule has 64 valence electrons. The topological polar surface area (TPSA) is 53.2 Å². The molecular weight excluding hydrogens is 142 g/mol. The van der Waals surface area contributed by atoms with Gasteiger partial charge in [0.15, 0.2) is 0 Å². The molecule has 0 saturated heterocycles. The van der Waals surface area contributed by atoms with E-state index in [1.54, 1.807) is 7.11 Å². The van der Waals surface area contributed by atoms with Crippen LogP contribution in [0.1, 0.15) is 19.3 Å². The Labute approximate surface area is 67.6 Å². The highest BCUT2D eigenvalue weighted by molar-refractivity contribution is 4.81. The second kappa shape index (κ2) is 7.52. The summed E-state index contributed by atoms with van der Waals surface area (Å²) in [6, 6.07) is 2.04. The Hall–Kier alpha value is -0.590. The molecule has 3 heteroatoms. The van der Waals surface area contributed by atoms with Gasteiger partial charge in [-0.2, -0.15) is 5.26 Å². The number of methoxy groups -OCH3 is 1. The number of hydrogen-bond acceptors (Lipinski definition) is 3. The molecule has 0 aliphatic rings. The third-order valence-corrected chi connectivity index (χ3v) is 1.55. The van der Waals surface area contributed by atoms with Crippen LogP contribution in [0.4, 0.5) is 0 Å². The zero-order valence-corrected chi connectivity index (χ0v) is 6.92. The van der Waals surface area contributed by atoms with Crippen LogP contribution in [-0.4, -0.2) is 25.4 Å². The number of nitriles is 1. The fourth-order valence-electron chi connectivity index (χ4n) is 0.834. The molecule has 0 heterocycles. The molecule has 0 amide bonds. The summed E-state index contributed by atoms with van der Waals surface area (Å²) in [6.07, 6.45) is 2.69. The molecule has 0 aromatic carbocycles. The van der Waals surface area contributed by atoms with Gasteiger partial charge in [-0.3, -0.25) is 0 Å². The third-order valence-electron chi connectivity index (χ3n) is 1.55. The number of rotatable bonds is 6. The maximum absolute atomic E-state index is 8.63. The normalized spacial score (nSPS) is 12.5. The number of unbranched alkanes of at least 4 members (excludes halogenated alkanes) is 1. The van der Waals surface area contributed by atoms with E-state index in [4.69, 9.17) is 15.1 Å². The highest BCUT2D eigenvalue weighted by Gasteiger charge is 2.03. The minimum atomic E-state index is -0.188. The molecule has 0 radical (unpaired) electrons. The lowest BCUT2D eigenvalue weighted by Gasteiger charge is -2.03. The molecule has 0 fully saturated rings. The number of aliphatic hydroxyl groups is 1. The number of ether oxygens (including phenoxy) is 1. The predicted octanol–water partition coefficient (Wildman–Crippen LogP) is 0.935. The Balaban J connectivity index is 3.16. The Bertz CT molecular complexity index is 120. The van der Waals surface area contributed by atoms with Crippen molar-refractivity contribution >= 4 is 0 Å². The maximum atomic E-state index is 8.63. The fourth-order valence-corrected chi connectivity index (χ4v) is 0.834. The predicted molar refractivity (Wildman–Crippen MR) is 41.9 cm³/mol. The highest BCUT2D eigenvalue weighted by Crippen LogP contribution is 2.06. The highest BCUT2D eigenvalue weighted by atomic mass is 16.5. The Morgan fingerprint density at radius 2 is 2.27 bits per heavy atom. The number of hydrogen-bond donors (Lipinski definition) is 1. The maximum Gasteiger partial charge on any atom is 0.0694 e. The SMILES string of the molecule is COCCCCC(C#N)CO. The molecule has 0 bridgehead atoms. The molecule has 1 N–H and O–H groups in total. The second-order valence-corrected chi connectivity index (χ2v) is 2.50. The van der Waals surface area contributed by atoms with Crippen molar-refractivity contribution in [3.63, 3.8) is 0 Å². The Morgan fingerprint density at radius 1 is 1.55 bits per heavy atom. The lowest BCUT2D eigenvalue weighted by Crippen LogP contribution is -2.03. The van der Waals surface area contributed by atoms with E-state index in [1.807, 2.05) is 6.07 Å². The van der Waals surface area contributed by atoms with Gasteiger partial charge in [-0.25, -0.2) is 0 Å². The molecule has 1 unspecified atom stereocenters. The van der Waals surface area contributed by atoms with Crippen LogP contribution in [0, 0.1) is 17.2 Å². The summed E-state index contributed by atoms with van der Waals surface area (Å²) in [6.45, 7) is 0.715. The Morgan fingerprint density at radius 3 is 2.73 bits per heavy atom. The minimum Gasteiger partial charge on any atom is -0.395 e. The average molecular weight is 157 g/mol. The van der Waals surface area contributed by atoms with Gasteiger partial charge in [0.25, 0.3) is 0 Å². The van der Waals surface area contributed by atoms with Crippen molar-refractivity contribution in [2.45, 2.75) is 19.3 Å². The van der Waals surface area contributed by atoms with Crippen molar-refractivity contribution in [3.8, 4) is 6.07 Å². The summed E-state index contributed by atoms with van der Waals surface area (Å²) in [7, 11) is 1.66. The van der Waals surface area contributed by atoms with E-state index in [0.29, 0.717) is 0 Å². The molecule has 0 aliphatic heterocycles. The van der Waals surface area contributed by atoms with Crippen LogP contribution in [0.3, 0.4) is 0 Å². The summed E-state index contributed by atoms with van der Waals surface area (Å²) in [4.78, 5) is 0. The van der Waals surface area contributed by atoms with Crippen molar-refractivity contribution < 1.29 is 9.84 Å². The first-order chi connectivity index (χ1) is 5.35. The first-order valence-corrected chi connectivity index (χ1v) is 3.84. The van der Waals surface area contributed by atoms with Crippen LogP contribution in [0.15, 0.2) is 0 Å². The molecule has 0 aromatic heterocycles. The van der Waals surface area contributed by atoms with Crippen LogP contribution in [0.25, 0.3) is 0 Å². The molecular formula is C8H15NO2. The van der Waals surface area contributed by atoms with E-state index in [-0.39, 0.29) is 12.5 Å². The molecule has 0 spiro atoms. The van der Waals surface area contributed by atoms with Crippen LogP contribution in [0.5, 0.6) is 0 Å². The number of nitrogens with zero attached hydrogens (tertiary/aromatic N) is 1. The second-order valence-electron chi connectivity index (χ2n) is 2.50. The average Bonchev–Trinajstić information content (AvgIpc) is 2.05. The lowest BCUT2D eigenvalue weighted by molar-refractivity contribution is 0.187. The standard InChI is InChI=1S/C8H15NO2/c1-11-5-3-2-4-8(6-9)7-10/h8,10H,2-5,7H2,1H3. The van der Waals surface area contributed by atoms with Crippen molar-refractivity contribution in [1.82, 2.24) is 0 Å². The monoisotopic (exact) mass is 157 g/mol. The minimum absolute atomic E-state index is 0.0243. The van der Waals surface area contributed by atoms with Gasteiger partial charge in [-0.15, -0.1) is 0 Å². The molecule has 0 aromatic rings. The van der Waals surface area contributed by atoms with Crippen molar-refractivity contribution in [3.05, 3.63) is 0 Å². The van der Waals surface area contributed by atoms with Gasteiger partial charge in [0.2, 0.25) is 0 Å². The molecule has 11 heavy (non-hydrogen) atoms. The van der Waals surface area contributed by atoms with Crippen molar-refractivity contribution in [2.24, 2.45) is 5.92 Å². The van der Waals surface area contributed by atoms with Gasteiger partial charge in [0.1, 0.15) is 0 Å². The van der Waals surface area contributed by atoms with Gasteiger partial charge in [-0.05, 0) is 19.3 Å². The zero-order valence-electron chi connectivity index (χ0n) is 6.92. The largest absolute Gasteiger partial charge is 0.395 e. The van der Waals surface area contributed by atoms with E-state index < -0.39 is 0 Å². The molecule has 0 rings (SSSR count). The molecule has 1 atom stereocenters. The van der Waals surface area contributed by atoms with Crippen molar-refractivity contribution in [1.29, 1.82) is 5.26 Å². The van der Waals surface area contributed by atoms with E-state index >= 15 is 0 Å². The lowest BCUT2D eigenvalue weighted by atomic mass is 10.1. The van der Waals surface area contributed by atoms with Crippen LogP contribution >= 0.6 is 0 Å². The third kappa shape index (κ3) is 5.84. The molecule has 3 nitrogen and oxygen atoms in total. The summed E-state index contributed by atoms with van der Waals surface area (Å²) in [5.41, 5.74) is 0. The smallest absolute Gasteiger partial charge is 0.0694 e. The first-order valence-electron chi connectivity index (χ1n) is 3.84. The fraction of sp³-hybridized carbons (Fsp3) is 0.875. The van der Waals surface area contributed by atoms with E-state index in [9.17, 15) is 0 Å². The summed E-state index contributed by atoms with van der Waals surface area (Å²) in [5.74, 6) is -0.188. The van der Waals surface area contributed by atoms with Crippen molar-refractivity contribution in [2.75, 3.05) is 20.3 Å². The van der Waals surface area contributed by atoms with E-state index in [2.05, 4.69) is 0 Å². The van der Waals surface area contributed by atoms with E-state index in [1.165, 1.54) is 0 Å². The number of aliphatic hydroxyl groups excluding tert-OH is 1. The Kier molecular flexibility index (Phi) is 7.11. The van der Waals surface area contributed by atoms with Gasteiger partial charge in [-0.1, -0.05) is 0 Å².